The molecule has 0 saturated carbocycles. The van der Waals surface area contributed by atoms with E-state index in [1.807, 2.05) is 19.9 Å². The minimum absolute atomic E-state index is 0.0346. The van der Waals surface area contributed by atoms with Gasteiger partial charge in [-0.25, -0.2) is 23.2 Å². The zero-order valence-corrected chi connectivity index (χ0v) is 22.6. The maximum Gasteiger partial charge on any atom is 0.410 e. The zero-order chi connectivity index (χ0) is 27.0. The zero-order valence-electron chi connectivity index (χ0n) is 21.7. The summed E-state index contributed by atoms with van der Waals surface area (Å²) in [6.45, 7) is 9.78. The number of ether oxygens (including phenoxy) is 1. The highest BCUT2D eigenvalue weighted by Gasteiger charge is 2.35. The summed E-state index contributed by atoms with van der Waals surface area (Å²) in [5.41, 5.74) is 1.15. The number of piperidine rings is 1. The minimum Gasteiger partial charge on any atom is -0.444 e. The first-order valence-electron chi connectivity index (χ1n) is 12.3. The van der Waals surface area contributed by atoms with Crippen molar-refractivity contribution >= 4 is 33.0 Å². The number of hydrogen-bond donors (Lipinski definition) is 2. The molecule has 11 heteroatoms. The van der Waals surface area contributed by atoms with Crippen LogP contribution in [-0.2, 0) is 25.9 Å². The molecule has 1 aromatic carbocycles. The molecular formula is C26H33N5O5S. The number of nitrogens with one attached hydrogen (secondary N) is 2. The van der Waals surface area contributed by atoms with Gasteiger partial charge in [0.05, 0.1) is 23.1 Å². The van der Waals surface area contributed by atoms with Crippen LogP contribution in [0.3, 0.4) is 0 Å². The third-order valence-electron chi connectivity index (χ3n) is 6.35. The molecule has 3 aromatic rings. The lowest BCUT2D eigenvalue weighted by Crippen LogP contribution is -2.49. The standard InChI is InChI=1S/C26H33N5O5S/c1-16-7-6-8-18(13-16)37(34,35)24-21(29-20-9-11-27-22(20)30-24)14-28-23(32)19-15-31(12-10-17(19)2)25(33)36-26(3,4)5/h6-9,11,13,17,19H,10,12,14-15H2,1-5H3,(H,27,30)(H,28,32)/t17-,19+/m1/s1. The van der Waals surface area contributed by atoms with Crippen LogP contribution in [0, 0.1) is 18.8 Å². The second kappa shape index (κ2) is 10.1. The van der Waals surface area contributed by atoms with Gasteiger partial charge in [-0.05, 0) is 63.8 Å². The van der Waals surface area contributed by atoms with Gasteiger partial charge < -0.3 is 19.9 Å². The predicted molar refractivity (Wildman–Crippen MR) is 137 cm³/mol. The summed E-state index contributed by atoms with van der Waals surface area (Å²) in [5.74, 6) is -0.718. The van der Waals surface area contributed by atoms with Crippen LogP contribution in [0.2, 0.25) is 0 Å². The molecule has 1 saturated heterocycles. The molecule has 0 aliphatic carbocycles. The lowest BCUT2D eigenvalue weighted by Gasteiger charge is -2.36. The van der Waals surface area contributed by atoms with Crippen molar-refractivity contribution in [3.8, 4) is 0 Å². The topological polar surface area (TPSA) is 134 Å². The Morgan fingerprint density at radius 2 is 1.97 bits per heavy atom. The van der Waals surface area contributed by atoms with Crippen molar-refractivity contribution in [2.24, 2.45) is 11.8 Å². The summed E-state index contributed by atoms with van der Waals surface area (Å²) in [6, 6.07) is 8.27. The molecule has 198 valence electrons. The maximum atomic E-state index is 13.5. The molecule has 2 aromatic heterocycles. The van der Waals surface area contributed by atoms with Gasteiger partial charge >= 0.3 is 6.09 Å². The summed E-state index contributed by atoms with van der Waals surface area (Å²) in [5, 5.41) is 2.64. The Morgan fingerprint density at radius 3 is 2.68 bits per heavy atom. The van der Waals surface area contributed by atoms with Crippen molar-refractivity contribution in [3.05, 3.63) is 47.8 Å². The Hall–Kier alpha value is -3.47. The lowest BCUT2D eigenvalue weighted by molar-refractivity contribution is -0.128. The number of rotatable bonds is 5. The highest BCUT2D eigenvalue weighted by molar-refractivity contribution is 7.91. The number of sulfone groups is 1. The van der Waals surface area contributed by atoms with Crippen molar-refractivity contribution in [1.29, 1.82) is 0 Å². The highest BCUT2D eigenvalue weighted by Crippen LogP contribution is 2.27. The molecule has 2 N–H and O–H groups in total. The Kier molecular flexibility index (Phi) is 7.27. The third kappa shape index (κ3) is 5.93. The van der Waals surface area contributed by atoms with Gasteiger partial charge in [-0.15, -0.1) is 0 Å². The third-order valence-corrected chi connectivity index (χ3v) is 8.06. The fourth-order valence-electron chi connectivity index (χ4n) is 4.32. The van der Waals surface area contributed by atoms with Crippen molar-refractivity contribution in [2.45, 2.75) is 63.1 Å². The number of amides is 2. The van der Waals surface area contributed by atoms with Crippen LogP contribution < -0.4 is 5.32 Å². The van der Waals surface area contributed by atoms with E-state index in [2.05, 4.69) is 20.3 Å². The molecule has 1 aliphatic rings. The van der Waals surface area contributed by atoms with Crippen LogP contribution in [0.1, 0.15) is 45.4 Å². The number of nitrogens with zero attached hydrogens (tertiary/aromatic N) is 3. The fourth-order valence-corrected chi connectivity index (χ4v) is 5.78. The second-order valence-electron chi connectivity index (χ2n) is 10.5. The first-order valence-corrected chi connectivity index (χ1v) is 13.7. The molecule has 1 aliphatic heterocycles. The number of fused-ring (bicyclic) bond motifs is 1. The van der Waals surface area contributed by atoms with E-state index < -0.39 is 27.4 Å². The number of aryl methyl sites for hydroxylation is 1. The van der Waals surface area contributed by atoms with Crippen molar-refractivity contribution in [3.63, 3.8) is 0 Å². The summed E-state index contributed by atoms with van der Waals surface area (Å²) < 4.78 is 32.5. The molecule has 0 bridgehead atoms. The average molecular weight is 528 g/mol. The van der Waals surface area contributed by atoms with E-state index in [1.54, 1.807) is 50.1 Å². The largest absolute Gasteiger partial charge is 0.444 e. The average Bonchev–Trinajstić information content (AvgIpc) is 3.28. The summed E-state index contributed by atoms with van der Waals surface area (Å²) in [6.07, 6.45) is 1.83. The van der Waals surface area contributed by atoms with Crippen LogP contribution in [0.5, 0.6) is 0 Å². The Balaban J connectivity index is 1.57. The van der Waals surface area contributed by atoms with Gasteiger partial charge in [0.25, 0.3) is 0 Å². The van der Waals surface area contributed by atoms with Crippen molar-refractivity contribution < 1.29 is 22.7 Å². The molecule has 0 radical (unpaired) electrons. The molecule has 1 fully saturated rings. The van der Waals surface area contributed by atoms with Crippen molar-refractivity contribution in [1.82, 2.24) is 25.2 Å². The normalized spacial score (nSPS) is 18.6. The number of carbonyl (C=O) groups excluding carboxylic acids is 2. The van der Waals surface area contributed by atoms with E-state index in [4.69, 9.17) is 4.74 Å². The van der Waals surface area contributed by atoms with Gasteiger partial charge in [0.1, 0.15) is 11.1 Å². The van der Waals surface area contributed by atoms with E-state index in [-0.39, 0.29) is 40.5 Å². The molecule has 0 unspecified atom stereocenters. The van der Waals surface area contributed by atoms with Gasteiger partial charge in [0.2, 0.25) is 15.7 Å². The van der Waals surface area contributed by atoms with E-state index in [0.717, 1.165) is 5.56 Å². The highest BCUT2D eigenvalue weighted by atomic mass is 32.2. The lowest BCUT2D eigenvalue weighted by atomic mass is 9.86. The summed E-state index contributed by atoms with van der Waals surface area (Å²) >= 11 is 0. The van der Waals surface area contributed by atoms with Crippen LogP contribution >= 0.6 is 0 Å². The van der Waals surface area contributed by atoms with E-state index in [0.29, 0.717) is 24.1 Å². The second-order valence-corrected chi connectivity index (χ2v) is 12.4. The molecule has 37 heavy (non-hydrogen) atoms. The molecule has 4 rings (SSSR count). The molecule has 2 atom stereocenters. The van der Waals surface area contributed by atoms with Gasteiger partial charge in [0, 0.05) is 19.3 Å². The van der Waals surface area contributed by atoms with Gasteiger partial charge in [-0.2, -0.15) is 0 Å². The van der Waals surface area contributed by atoms with Gasteiger partial charge in [-0.3, -0.25) is 4.79 Å². The number of aromatic amines is 1. The van der Waals surface area contributed by atoms with Crippen LogP contribution in [-0.4, -0.2) is 59.0 Å². The van der Waals surface area contributed by atoms with E-state index >= 15 is 0 Å². The number of aromatic nitrogens is 3. The molecule has 2 amide bonds. The van der Waals surface area contributed by atoms with Crippen molar-refractivity contribution in [2.75, 3.05) is 13.1 Å². The van der Waals surface area contributed by atoms with Gasteiger partial charge in [0.15, 0.2) is 10.7 Å². The maximum absolute atomic E-state index is 13.5. The van der Waals surface area contributed by atoms with Gasteiger partial charge in [-0.1, -0.05) is 19.1 Å². The first kappa shape index (κ1) is 26.6. The number of carbonyl (C=O) groups is 2. The summed E-state index contributed by atoms with van der Waals surface area (Å²) in [7, 11) is -4.00. The van der Waals surface area contributed by atoms with Crippen LogP contribution in [0.15, 0.2) is 46.5 Å². The minimum atomic E-state index is -4.00. The predicted octanol–water partition coefficient (Wildman–Crippen LogP) is 3.61. The SMILES string of the molecule is Cc1cccc(S(=O)(=O)c2nc3[nH]ccc3nc2CNC(=O)[C@H]2CN(C(=O)OC(C)(C)C)CC[C@H]2C)c1. The smallest absolute Gasteiger partial charge is 0.410 e. The Morgan fingerprint density at radius 1 is 1.22 bits per heavy atom. The van der Waals surface area contributed by atoms with Crippen LogP contribution in [0.25, 0.3) is 11.2 Å². The van der Waals surface area contributed by atoms with E-state index in [9.17, 15) is 18.0 Å². The Labute approximate surface area is 216 Å². The number of likely N-dealkylation sites (tertiary alicyclic amines) is 1. The first-order chi connectivity index (χ1) is 17.3. The quantitative estimate of drug-likeness (QED) is 0.518. The molecule has 10 nitrogen and oxygen atoms in total. The fraction of sp³-hybridized carbons (Fsp3) is 0.462. The molecular weight excluding hydrogens is 494 g/mol. The monoisotopic (exact) mass is 527 g/mol. The Bertz CT molecular complexity index is 1430. The number of hydrogen-bond acceptors (Lipinski definition) is 7. The molecule has 0 spiro atoms. The van der Waals surface area contributed by atoms with E-state index in [1.165, 1.54) is 6.07 Å². The number of benzene rings is 1. The molecule has 3 heterocycles. The summed E-state index contributed by atoms with van der Waals surface area (Å²) in [4.78, 5) is 39.2. The van der Waals surface area contributed by atoms with Crippen LogP contribution in [0.4, 0.5) is 4.79 Å². The number of H-pyrrole nitrogens is 1.